The van der Waals surface area contributed by atoms with Gasteiger partial charge in [0.15, 0.2) is 0 Å². The van der Waals surface area contributed by atoms with E-state index in [1.165, 1.54) is 14.2 Å². The monoisotopic (exact) mass is 290 g/mol. The van der Waals surface area contributed by atoms with Crippen LogP contribution in [0.4, 0.5) is 0 Å². The maximum absolute atomic E-state index is 9.84. The second-order valence-corrected chi connectivity index (χ2v) is 3.96. The highest BCUT2D eigenvalue weighted by Crippen LogP contribution is 2.28. The Morgan fingerprint density at radius 3 is 2.00 bits per heavy atom. The topological polar surface area (TPSA) is 58.9 Å². The third-order valence-electron chi connectivity index (χ3n) is 2.24. The van der Waals surface area contributed by atoms with Crippen molar-refractivity contribution in [2.24, 2.45) is 0 Å². The highest BCUT2D eigenvalue weighted by Gasteiger charge is 2.18. The van der Waals surface area contributed by atoms with Gasteiger partial charge in [0.05, 0.1) is 20.3 Å². The molecule has 0 aromatic heterocycles. The number of hydrogen-bond donors (Lipinski definition) is 2. The highest BCUT2D eigenvalue weighted by atomic mass is 79.9. The van der Waals surface area contributed by atoms with Crippen molar-refractivity contribution in [3.8, 4) is 11.5 Å². The van der Waals surface area contributed by atoms with Gasteiger partial charge in [-0.25, -0.2) is 0 Å². The first-order valence-corrected chi connectivity index (χ1v) is 5.89. The minimum absolute atomic E-state index is 0.299. The Kier molecular flexibility index (Phi) is 5.05. The molecule has 0 saturated carbocycles. The van der Waals surface area contributed by atoms with Crippen LogP contribution in [0.2, 0.25) is 0 Å². The lowest BCUT2D eigenvalue weighted by molar-refractivity contribution is 0.0340. The van der Waals surface area contributed by atoms with Gasteiger partial charge in [-0.3, -0.25) is 0 Å². The molecule has 0 radical (unpaired) electrons. The van der Waals surface area contributed by atoms with E-state index in [0.29, 0.717) is 22.4 Å². The average Bonchev–Trinajstić information content (AvgIpc) is 2.35. The summed E-state index contributed by atoms with van der Waals surface area (Å²) < 4.78 is 10.2. The lowest BCUT2D eigenvalue weighted by atomic mass is 10.0. The van der Waals surface area contributed by atoms with Crippen molar-refractivity contribution in [2.45, 2.75) is 12.2 Å². The molecule has 2 unspecified atom stereocenters. The molecule has 2 atom stereocenters. The summed E-state index contributed by atoms with van der Waals surface area (Å²) in [5, 5.41) is 19.7. The first-order chi connectivity index (χ1) is 7.62. The van der Waals surface area contributed by atoms with Gasteiger partial charge in [-0.2, -0.15) is 0 Å². The fraction of sp³-hybridized carbons (Fsp3) is 0.455. The molecule has 0 saturated heterocycles. The fourth-order valence-electron chi connectivity index (χ4n) is 1.31. The van der Waals surface area contributed by atoms with E-state index in [-0.39, 0.29) is 0 Å². The van der Waals surface area contributed by atoms with Crippen LogP contribution >= 0.6 is 15.9 Å². The molecule has 0 aliphatic carbocycles. The van der Waals surface area contributed by atoms with Gasteiger partial charge in [-0.1, -0.05) is 15.9 Å². The molecular weight excluding hydrogens is 276 g/mol. The molecule has 0 amide bonds. The lowest BCUT2D eigenvalue weighted by Gasteiger charge is -2.17. The van der Waals surface area contributed by atoms with E-state index in [4.69, 9.17) is 9.47 Å². The Hall–Kier alpha value is -0.780. The Morgan fingerprint density at radius 2 is 1.62 bits per heavy atom. The fourth-order valence-corrected chi connectivity index (χ4v) is 1.66. The first-order valence-electron chi connectivity index (χ1n) is 4.77. The van der Waals surface area contributed by atoms with Crippen molar-refractivity contribution in [3.63, 3.8) is 0 Å². The highest BCUT2D eigenvalue weighted by molar-refractivity contribution is 9.09. The largest absolute Gasteiger partial charge is 0.497 e. The van der Waals surface area contributed by atoms with Crippen LogP contribution in [-0.4, -0.2) is 35.9 Å². The summed E-state index contributed by atoms with van der Waals surface area (Å²) in [5.74, 6) is 1.16. The molecule has 1 rings (SSSR count). The van der Waals surface area contributed by atoms with Crippen LogP contribution in [0.25, 0.3) is 0 Å². The summed E-state index contributed by atoms with van der Waals surface area (Å²) in [7, 11) is 3.07. The molecule has 0 bridgehead atoms. The molecule has 0 aliphatic rings. The van der Waals surface area contributed by atoms with Gasteiger partial charge in [0.25, 0.3) is 0 Å². The Balaban J connectivity index is 3.02. The number of aliphatic hydroxyl groups is 2. The maximum Gasteiger partial charge on any atom is 0.122 e. The van der Waals surface area contributed by atoms with Gasteiger partial charge in [0.2, 0.25) is 0 Å². The Bertz CT molecular complexity index is 321. The average molecular weight is 291 g/mol. The normalized spacial score (nSPS) is 14.3. The SMILES string of the molecule is COc1cc(OC)cc(C(O)C(O)CBr)c1. The van der Waals surface area contributed by atoms with Crippen molar-refractivity contribution in [2.75, 3.05) is 19.5 Å². The molecule has 1 aromatic rings. The summed E-state index contributed by atoms with van der Waals surface area (Å²) in [6.07, 6.45) is -1.83. The van der Waals surface area contributed by atoms with Gasteiger partial charge in [0, 0.05) is 11.4 Å². The molecule has 90 valence electrons. The minimum atomic E-state index is -0.969. The molecule has 16 heavy (non-hydrogen) atoms. The zero-order chi connectivity index (χ0) is 12.1. The van der Waals surface area contributed by atoms with Crippen LogP contribution in [-0.2, 0) is 0 Å². The van der Waals surface area contributed by atoms with E-state index in [0.717, 1.165) is 0 Å². The van der Waals surface area contributed by atoms with E-state index in [1.54, 1.807) is 18.2 Å². The quantitative estimate of drug-likeness (QED) is 0.807. The number of alkyl halides is 1. The third kappa shape index (κ3) is 3.10. The van der Waals surface area contributed by atoms with E-state index >= 15 is 0 Å². The molecule has 1 aromatic carbocycles. The number of rotatable bonds is 5. The molecule has 0 fully saturated rings. The molecular formula is C11H15BrO4. The van der Waals surface area contributed by atoms with Gasteiger partial charge in [-0.15, -0.1) is 0 Å². The first kappa shape index (κ1) is 13.3. The van der Waals surface area contributed by atoms with E-state index in [2.05, 4.69) is 15.9 Å². The van der Waals surface area contributed by atoms with Gasteiger partial charge >= 0.3 is 0 Å². The summed E-state index contributed by atoms with van der Waals surface area (Å²) in [6, 6.07) is 5.04. The Morgan fingerprint density at radius 1 is 1.12 bits per heavy atom. The molecule has 0 aliphatic heterocycles. The van der Waals surface area contributed by atoms with Crippen LogP contribution < -0.4 is 9.47 Å². The molecule has 4 nitrogen and oxygen atoms in total. The van der Waals surface area contributed by atoms with Crippen LogP contribution in [0.15, 0.2) is 18.2 Å². The summed E-state index contributed by atoms with van der Waals surface area (Å²) in [6.45, 7) is 0. The van der Waals surface area contributed by atoms with Crippen molar-refractivity contribution >= 4 is 15.9 Å². The van der Waals surface area contributed by atoms with Crippen molar-refractivity contribution in [3.05, 3.63) is 23.8 Å². The number of benzene rings is 1. The number of aliphatic hydroxyl groups excluding tert-OH is 2. The van der Waals surface area contributed by atoms with Crippen molar-refractivity contribution < 1.29 is 19.7 Å². The second kappa shape index (κ2) is 6.08. The van der Waals surface area contributed by atoms with Crippen molar-refractivity contribution in [1.29, 1.82) is 0 Å². The second-order valence-electron chi connectivity index (χ2n) is 3.31. The number of ether oxygens (including phenoxy) is 2. The summed E-state index contributed by atoms with van der Waals surface area (Å²) in [5.41, 5.74) is 0.558. The number of halogens is 1. The lowest BCUT2D eigenvalue weighted by Crippen LogP contribution is -2.19. The third-order valence-corrected chi connectivity index (χ3v) is 2.90. The van der Waals surface area contributed by atoms with Gasteiger partial charge in [0.1, 0.15) is 17.6 Å². The van der Waals surface area contributed by atoms with E-state index in [1.807, 2.05) is 0 Å². The van der Waals surface area contributed by atoms with Crippen LogP contribution in [0.5, 0.6) is 11.5 Å². The zero-order valence-electron chi connectivity index (χ0n) is 9.18. The Labute approximate surface area is 103 Å². The minimum Gasteiger partial charge on any atom is -0.497 e. The van der Waals surface area contributed by atoms with Crippen LogP contribution in [0.3, 0.4) is 0 Å². The predicted molar refractivity (Wildman–Crippen MR) is 64.3 cm³/mol. The number of methoxy groups -OCH3 is 2. The molecule has 0 spiro atoms. The maximum atomic E-state index is 9.84. The molecule has 2 N–H and O–H groups in total. The smallest absolute Gasteiger partial charge is 0.122 e. The van der Waals surface area contributed by atoms with E-state index < -0.39 is 12.2 Å². The zero-order valence-corrected chi connectivity index (χ0v) is 10.8. The van der Waals surface area contributed by atoms with Crippen molar-refractivity contribution in [1.82, 2.24) is 0 Å². The predicted octanol–water partition coefficient (Wildman–Crippen LogP) is 1.49. The van der Waals surface area contributed by atoms with E-state index in [9.17, 15) is 10.2 Å². The van der Waals surface area contributed by atoms with Crippen LogP contribution in [0.1, 0.15) is 11.7 Å². The van der Waals surface area contributed by atoms with Gasteiger partial charge in [-0.05, 0) is 17.7 Å². The van der Waals surface area contributed by atoms with Gasteiger partial charge < -0.3 is 19.7 Å². The standard InChI is InChI=1S/C11H15BrO4/c1-15-8-3-7(4-9(5-8)16-2)11(14)10(13)6-12/h3-5,10-11,13-14H,6H2,1-2H3. The number of hydrogen-bond acceptors (Lipinski definition) is 4. The van der Waals surface area contributed by atoms with Crippen LogP contribution in [0, 0.1) is 0 Å². The summed E-state index contributed by atoms with van der Waals surface area (Å²) in [4.78, 5) is 0. The molecule has 0 heterocycles. The summed E-state index contributed by atoms with van der Waals surface area (Å²) >= 11 is 3.11. The molecule has 5 heteroatoms.